The third-order valence-electron chi connectivity index (χ3n) is 3.74. The summed E-state index contributed by atoms with van der Waals surface area (Å²) in [6.45, 7) is 7.33. The number of hydrogen-bond donors (Lipinski definition) is 0. The van der Waals surface area contributed by atoms with Gasteiger partial charge in [-0.3, -0.25) is 4.79 Å². The van der Waals surface area contributed by atoms with Gasteiger partial charge in [-0.15, -0.1) is 0 Å². The molecule has 0 fully saturated rings. The maximum Gasteiger partial charge on any atom is 0.226 e. The van der Waals surface area contributed by atoms with Crippen LogP contribution < -0.4 is 0 Å². The molecular formula is C16H25N3O2. The van der Waals surface area contributed by atoms with Crippen LogP contribution in [0.15, 0.2) is 16.7 Å². The van der Waals surface area contributed by atoms with Crippen LogP contribution in [-0.2, 0) is 17.8 Å². The summed E-state index contributed by atoms with van der Waals surface area (Å²) < 4.78 is 5.24. The minimum atomic E-state index is 0.108. The Kier molecular flexibility index (Phi) is 5.53. The lowest BCUT2D eigenvalue weighted by Gasteiger charge is -2.25. The van der Waals surface area contributed by atoms with Crippen molar-refractivity contribution in [1.29, 1.82) is 0 Å². The molecule has 1 atom stereocenters. The van der Waals surface area contributed by atoms with Crippen LogP contribution in [0.4, 0.5) is 0 Å². The number of aromatic nitrogens is 2. The molecule has 0 aliphatic heterocycles. The molecule has 0 unspecified atom stereocenters. The van der Waals surface area contributed by atoms with E-state index < -0.39 is 0 Å². The van der Waals surface area contributed by atoms with Crippen molar-refractivity contribution in [1.82, 2.24) is 15.0 Å². The van der Waals surface area contributed by atoms with Crippen molar-refractivity contribution in [3.05, 3.63) is 23.9 Å². The molecule has 1 amide bonds. The third kappa shape index (κ3) is 4.41. The van der Waals surface area contributed by atoms with Crippen molar-refractivity contribution < 1.29 is 9.32 Å². The number of hydrogen-bond acceptors (Lipinski definition) is 4. The predicted octanol–water partition coefficient (Wildman–Crippen LogP) is 2.97. The molecule has 0 aromatic carbocycles. The molecule has 0 radical (unpaired) electrons. The largest absolute Gasteiger partial charge is 0.339 e. The van der Waals surface area contributed by atoms with E-state index >= 15 is 0 Å². The molecule has 5 heteroatoms. The fourth-order valence-corrected chi connectivity index (χ4v) is 2.58. The average molecular weight is 291 g/mol. The van der Waals surface area contributed by atoms with Gasteiger partial charge in [0.05, 0.1) is 6.54 Å². The fourth-order valence-electron chi connectivity index (χ4n) is 2.58. The van der Waals surface area contributed by atoms with E-state index in [0.717, 1.165) is 25.7 Å². The summed E-state index contributed by atoms with van der Waals surface area (Å²) in [5.41, 5.74) is 0. The molecule has 1 aromatic rings. The second kappa shape index (κ2) is 7.38. The first-order valence-corrected chi connectivity index (χ1v) is 7.85. The van der Waals surface area contributed by atoms with E-state index in [1.807, 2.05) is 11.8 Å². The minimum Gasteiger partial charge on any atom is -0.339 e. The molecule has 116 valence electrons. The summed E-state index contributed by atoms with van der Waals surface area (Å²) in [4.78, 5) is 18.7. The zero-order chi connectivity index (χ0) is 15.2. The molecule has 1 aromatic heterocycles. The highest BCUT2D eigenvalue weighted by Crippen LogP contribution is 2.21. The molecule has 0 saturated heterocycles. The first-order valence-electron chi connectivity index (χ1n) is 7.85. The number of amides is 1. The van der Waals surface area contributed by atoms with Gasteiger partial charge in [0, 0.05) is 18.9 Å². The van der Waals surface area contributed by atoms with Crippen LogP contribution in [0.1, 0.15) is 51.7 Å². The van der Waals surface area contributed by atoms with Crippen molar-refractivity contribution in [3.63, 3.8) is 0 Å². The molecule has 0 N–H and O–H groups in total. The smallest absolute Gasteiger partial charge is 0.226 e. The van der Waals surface area contributed by atoms with Gasteiger partial charge in [-0.1, -0.05) is 31.2 Å². The normalized spacial score (nSPS) is 18.2. The van der Waals surface area contributed by atoms with Gasteiger partial charge in [-0.25, -0.2) is 0 Å². The first-order chi connectivity index (χ1) is 10.1. The minimum absolute atomic E-state index is 0.108. The average Bonchev–Trinajstić information content (AvgIpc) is 2.91. The van der Waals surface area contributed by atoms with Crippen molar-refractivity contribution in [2.75, 3.05) is 6.54 Å². The van der Waals surface area contributed by atoms with E-state index in [9.17, 15) is 4.79 Å². The SMILES string of the molecule is CCN(Cc1noc(CC(C)C)n1)C(=O)[C@@H]1CC=CCC1. The molecule has 1 heterocycles. The Morgan fingerprint density at radius 3 is 2.90 bits per heavy atom. The maximum absolute atomic E-state index is 12.5. The highest BCUT2D eigenvalue weighted by molar-refractivity contribution is 5.79. The van der Waals surface area contributed by atoms with Crippen LogP contribution in [0, 0.1) is 11.8 Å². The summed E-state index contributed by atoms with van der Waals surface area (Å²) in [7, 11) is 0. The molecule has 0 spiro atoms. The standard InChI is InChI=1S/C16H25N3O2/c1-4-19(16(20)13-8-6-5-7-9-13)11-14-17-15(21-18-14)10-12(2)3/h5-6,12-13H,4,7-11H2,1-3H3/t13-/m1/s1. The van der Waals surface area contributed by atoms with E-state index in [0.29, 0.717) is 30.7 Å². The third-order valence-corrected chi connectivity index (χ3v) is 3.74. The van der Waals surface area contributed by atoms with Crippen LogP contribution in [0.3, 0.4) is 0 Å². The Bertz CT molecular complexity index is 493. The fraction of sp³-hybridized carbons (Fsp3) is 0.688. The highest BCUT2D eigenvalue weighted by Gasteiger charge is 2.24. The predicted molar refractivity (Wildman–Crippen MR) is 80.4 cm³/mol. The van der Waals surface area contributed by atoms with Gasteiger partial charge in [-0.05, 0) is 32.1 Å². The lowest BCUT2D eigenvalue weighted by atomic mass is 9.93. The summed E-state index contributed by atoms with van der Waals surface area (Å²) in [5, 5.41) is 3.99. The molecule has 0 bridgehead atoms. The van der Waals surface area contributed by atoms with Gasteiger partial charge < -0.3 is 9.42 Å². The zero-order valence-electron chi connectivity index (χ0n) is 13.2. The molecule has 21 heavy (non-hydrogen) atoms. The van der Waals surface area contributed by atoms with E-state index in [1.54, 1.807) is 0 Å². The molecular weight excluding hydrogens is 266 g/mol. The summed E-state index contributed by atoms with van der Waals surface area (Å²) in [5.74, 6) is 2.06. The second-order valence-electron chi connectivity index (χ2n) is 6.04. The van der Waals surface area contributed by atoms with Crippen molar-refractivity contribution >= 4 is 5.91 Å². The van der Waals surface area contributed by atoms with Crippen LogP contribution in [-0.4, -0.2) is 27.5 Å². The Morgan fingerprint density at radius 2 is 2.29 bits per heavy atom. The Labute approximate surface area is 126 Å². The molecule has 5 nitrogen and oxygen atoms in total. The number of carbonyl (C=O) groups is 1. The first kappa shape index (κ1) is 15.7. The number of carbonyl (C=O) groups excluding carboxylic acids is 1. The van der Waals surface area contributed by atoms with Gasteiger partial charge in [0.2, 0.25) is 11.8 Å². The lowest BCUT2D eigenvalue weighted by molar-refractivity contribution is -0.136. The Morgan fingerprint density at radius 1 is 1.48 bits per heavy atom. The van der Waals surface area contributed by atoms with Crippen LogP contribution in [0.2, 0.25) is 0 Å². The van der Waals surface area contributed by atoms with Crippen LogP contribution in [0.25, 0.3) is 0 Å². The van der Waals surface area contributed by atoms with Crippen LogP contribution in [0.5, 0.6) is 0 Å². The van der Waals surface area contributed by atoms with Gasteiger partial charge in [0.25, 0.3) is 0 Å². The van der Waals surface area contributed by atoms with Crippen LogP contribution >= 0.6 is 0 Å². The summed E-state index contributed by atoms with van der Waals surface area (Å²) in [6, 6.07) is 0. The summed E-state index contributed by atoms with van der Waals surface area (Å²) in [6.07, 6.45) is 7.82. The number of nitrogens with zero attached hydrogens (tertiary/aromatic N) is 3. The van der Waals surface area contributed by atoms with Gasteiger partial charge in [-0.2, -0.15) is 4.98 Å². The van der Waals surface area contributed by atoms with Gasteiger partial charge in [0.15, 0.2) is 5.82 Å². The number of allylic oxidation sites excluding steroid dienone is 2. The van der Waals surface area contributed by atoms with E-state index in [4.69, 9.17) is 4.52 Å². The van der Waals surface area contributed by atoms with Crippen molar-refractivity contribution in [2.24, 2.45) is 11.8 Å². The van der Waals surface area contributed by atoms with Gasteiger partial charge in [0.1, 0.15) is 0 Å². The van der Waals surface area contributed by atoms with E-state index in [-0.39, 0.29) is 11.8 Å². The second-order valence-corrected chi connectivity index (χ2v) is 6.04. The summed E-state index contributed by atoms with van der Waals surface area (Å²) >= 11 is 0. The lowest BCUT2D eigenvalue weighted by Crippen LogP contribution is -2.36. The quantitative estimate of drug-likeness (QED) is 0.756. The van der Waals surface area contributed by atoms with Gasteiger partial charge >= 0.3 is 0 Å². The topological polar surface area (TPSA) is 59.2 Å². The molecule has 2 rings (SSSR count). The van der Waals surface area contributed by atoms with E-state index in [2.05, 4.69) is 36.1 Å². The zero-order valence-corrected chi connectivity index (χ0v) is 13.2. The monoisotopic (exact) mass is 291 g/mol. The Hall–Kier alpha value is -1.65. The highest BCUT2D eigenvalue weighted by atomic mass is 16.5. The Balaban J connectivity index is 1.96. The maximum atomic E-state index is 12.5. The van der Waals surface area contributed by atoms with Crippen molar-refractivity contribution in [2.45, 2.75) is 53.0 Å². The number of rotatable bonds is 6. The molecule has 1 aliphatic carbocycles. The molecule has 0 saturated carbocycles. The van der Waals surface area contributed by atoms with E-state index in [1.165, 1.54) is 0 Å². The van der Waals surface area contributed by atoms with Crippen molar-refractivity contribution in [3.8, 4) is 0 Å². The molecule has 1 aliphatic rings.